The monoisotopic (exact) mass is 252 g/mol. The second-order valence-corrected chi connectivity index (χ2v) is 5.15. The van der Waals surface area contributed by atoms with Gasteiger partial charge in [0.25, 0.3) is 16.0 Å². The van der Waals surface area contributed by atoms with Gasteiger partial charge in [0.2, 0.25) is 0 Å². The van der Waals surface area contributed by atoms with E-state index in [9.17, 15) is 8.42 Å². The maximum Gasteiger partial charge on any atom is 0.299 e. The molecule has 90 valence electrons. The number of hydrogen-bond acceptors (Lipinski definition) is 4. The standard InChI is InChI=1S/C11H12N2O3S/c1-2-9-8-16-11(12-9)13-17(14,15)10-6-4-3-5-7-10/h2-7,9H,1,8H2,(H,12,13). The normalized spacial score (nSPS) is 19.3. The Hall–Kier alpha value is -1.82. The minimum absolute atomic E-state index is 0.0127. The molecule has 1 atom stereocenters. The van der Waals surface area contributed by atoms with Crippen molar-refractivity contribution < 1.29 is 13.2 Å². The molecule has 1 aliphatic heterocycles. The molecule has 6 heteroatoms. The highest BCUT2D eigenvalue weighted by molar-refractivity contribution is 7.90. The summed E-state index contributed by atoms with van der Waals surface area (Å²) >= 11 is 0. The van der Waals surface area contributed by atoms with E-state index in [1.165, 1.54) is 12.1 Å². The number of nitrogens with one attached hydrogen (secondary N) is 1. The van der Waals surface area contributed by atoms with Crippen LogP contribution in [0.2, 0.25) is 0 Å². The van der Waals surface area contributed by atoms with Gasteiger partial charge >= 0.3 is 0 Å². The molecule has 0 aliphatic carbocycles. The van der Waals surface area contributed by atoms with Gasteiger partial charge < -0.3 is 4.74 Å². The van der Waals surface area contributed by atoms with Crippen molar-refractivity contribution in [3.05, 3.63) is 43.0 Å². The van der Waals surface area contributed by atoms with Gasteiger partial charge in [0.15, 0.2) is 0 Å². The lowest BCUT2D eigenvalue weighted by Crippen LogP contribution is -2.30. The molecule has 1 unspecified atom stereocenters. The average Bonchev–Trinajstić information content (AvgIpc) is 2.77. The summed E-state index contributed by atoms with van der Waals surface area (Å²) < 4.78 is 31.2. The van der Waals surface area contributed by atoms with Gasteiger partial charge in [-0.2, -0.15) is 0 Å². The van der Waals surface area contributed by atoms with Gasteiger partial charge in [-0.25, -0.2) is 18.1 Å². The van der Waals surface area contributed by atoms with Gasteiger partial charge in [-0.1, -0.05) is 24.3 Å². The molecule has 5 nitrogen and oxygen atoms in total. The molecule has 0 bridgehead atoms. The van der Waals surface area contributed by atoms with Crippen molar-refractivity contribution in [3.63, 3.8) is 0 Å². The smallest absolute Gasteiger partial charge is 0.299 e. The van der Waals surface area contributed by atoms with Crippen LogP contribution in [0.5, 0.6) is 0 Å². The first-order valence-corrected chi connectivity index (χ1v) is 6.51. The summed E-state index contributed by atoms with van der Waals surface area (Å²) in [5.41, 5.74) is 0. The van der Waals surface area contributed by atoms with Gasteiger partial charge in [0, 0.05) is 0 Å². The van der Waals surface area contributed by atoms with Crippen LogP contribution in [0.1, 0.15) is 0 Å². The summed E-state index contributed by atoms with van der Waals surface area (Å²) in [5, 5.41) is 0. The number of ether oxygens (including phenoxy) is 1. The predicted octanol–water partition coefficient (Wildman–Crippen LogP) is 0.906. The highest BCUT2D eigenvalue weighted by Gasteiger charge is 2.22. The van der Waals surface area contributed by atoms with E-state index in [2.05, 4.69) is 16.3 Å². The molecule has 1 aromatic rings. The van der Waals surface area contributed by atoms with E-state index in [1.807, 2.05) is 0 Å². The van der Waals surface area contributed by atoms with Crippen molar-refractivity contribution in [2.24, 2.45) is 4.99 Å². The zero-order chi connectivity index (χ0) is 12.3. The summed E-state index contributed by atoms with van der Waals surface area (Å²) in [5.74, 6) is 0. The van der Waals surface area contributed by atoms with Crippen LogP contribution in [-0.4, -0.2) is 27.1 Å². The van der Waals surface area contributed by atoms with E-state index >= 15 is 0 Å². The van der Waals surface area contributed by atoms with Gasteiger partial charge in [-0.05, 0) is 12.1 Å². The van der Waals surface area contributed by atoms with Crippen LogP contribution in [0, 0.1) is 0 Å². The number of nitrogens with zero attached hydrogens (tertiary/aromatic N) is 1. The van der Waals surface area contributed by atoms with Crippen molar-refractivity contribution in [2.75, 3.05) is 6.61 Å². The maximum absolute atomic E-state index is 11.9. The largest absolute Gasteiger partial charge is 0.462 e. The molecule has 1 aliphatic rings. The minimum atomic E-state index is -3.62. The first-order valence-electron chi connectivity index (χ1n) is 5.03. The Morgan fingerprint density at radius 2 is 2.12 bits per heavy atom. The molecule has 0 amide bonds. The quantitative estimate of drug-likeness (QED) is 0.813. The molecule has 0 radical (unpaired) electrons. The fourth-order valence-corrected chi connectivity index (χ4v) is 2.31. The third-order valence-electron chi connectivity index (χ3n) is 2.22. The zero-order valence-corrected chi connectivity index (χ0v) is 9.85. The summed E-state index contributed by atoms with van der Waals surface area (Å²) in [6.45, 7) is 3.88. The van der Waals surface area contributed by atoms with Crippen molar-refractivity contribution in [2.45, 2.75) is 10.9 Å². The first-order chi connectivity index (χ1) is 8.12. The molecule has 1 N–H and O–H groups in total. The molecule has 2 rings (SSSR count). The summed E-state index contributed by atoms with van der Waals surface area (Å²) in [6.07, 6.45) is 1.60. The topological polar surface area (TPSA) is 67.8 Å². The Bertz CT molecular complexity index is 537. The van der Waals surface area contributed by atoms with E-state index < -0.39 is 10.0 Å². The number of hydrogen-bond donors (Lipinski definition) is 1. The lowest BCUT2D eigenvalue weighted by molar-refractivity contribution is 0.323. The van der Waals surface area contributed by atoms with E-state index in [1.54, 1.807) is 24.3 Å². The molecule has 0 saturated carbocycles. The van der Waals surface area contributed by atoms with Crippen LogP contribution in [0.15, 0.2) is 52.9 Å². The van der Waals surface area contributed by atoms with Crippen LogP contribution in [0.3, 0.4) is 0 Å². The van der Waals surface area contributed by atoms with E-state index in [0.717, 1.165) is 0 Å². The SMILES string of the molecule is C=CC1COC(NS(=O)(=O)c2ccccc2)=N1. The summed E-state index contributed by atoms with van der Waals surface area (Å²) in [4.78, 5) is 4.18. The Labute approximate surface area is 99.9 Å². The molecule has 0 fully saturated rings. The lowest BCUT2D eigenvalue weighted by Gasteiger charge is -2.06. The van der Waals surface area contributed by atoms with Crippen molar-refractivity contribution >= 4 is 16.0 Å². The van der Waals surface area contributed by atoms with Crippen molar-refractivity contribution in [1.82, 2.24) is 4.72 Å². The van der Waals surface area contributed by atoms with Crippen LogP contribution < -0.4 is 4.72 Å². The van der Waals surface area contributed by atoms with Gasteiger partial charge in [-0.3, -0.25) is 0 Å². The zero-order valence-electron chi connectivity index (χ0n) is 9.04. The van der Waals surface area contributed by atoms with E-state index in [0.29, 0.717) is 6.61 Å². The number of rotatable bonds is 3. The predicted molar refractivity (Wildman–Crippen MR) is 64.1 cm³/mol. The molecular weight excluding hydrogens is 240 g/mol. The fourth-order valence-electron chi connectivity index (χ4n) is 1.34. The average molecular weight is 252 g/mol. The molecule has 0 aromatic heterocycles. The molecule has 1 heterocycles. The van der Waals surface area contributed by atoms with E-state index in [4.69, 9.17) is 4.74 Å². The molecule has 1 aromatic carbocycles. The Balaban J connectivity index is 2.17. The van der Waals surface area contributed by atoms with Crippen molar-refractivity contribution in [3.8, 4) is 0 Å². The van der Waals surface area contributed by atoms with E-state index in [-0.39, 0.29) is 17.0 Å². The lowest BCUT2D eigenvalue weighted by atomic mass is 10.3. The molecule has 0 spiro atoms. The second-order valence-electron chi connectivity index (χ2n) is 3.47. The van der Waals surface area contributed by atoms with Gasteiger partial charge in [0.1, 0.15) is 12.6 Å². The minimum Gasteiger partial charge on any atom is -0.462 e. The summed E-state index contributed by atoms with van der Waals surface area (Å²) in [6, 6.07) is 7.88. The number of amidine groups is 1. The third kappa shape index (κ3) is 2.65. The Morgan fingerprint density at radius 1 is 1.41 bits per heavy atom. The summed E-state index contributed by atoms with van der Waals surface area (Å²) in [7, 11) is -3.62. The highest BCUT2D eigenvalue weighted by atomic mass is 32.2. The number of benzene rings is 1. The van der Waals surface area contributed by atoms with Crippen LogP contribution in [-0.2, 0) is 14.8 Å². The Morgan fingerprint density at radius 3 is 2.71 bits per heavy atom. The van der Waals surface area contributed by atoms with Crippen LogP contribution in [0.25, 0.3) is 0 Å². The Kier molecular flexibility index (Phi) is 3.14. The maximum atomic E-state index is 11.9. The third-order valence-corrected chi connectivity index (χ3v) is 3.56. The highest BCUT2D eigenvalue weighted by Crippen LogP contribution is 2.10. The second kappa shape index (κ2) is 4.58. The van der Waals surface area contributed by atoms with Gasteiger partial charge in [0.05, 0.1) is 4.90 Å². The van der Waals surface area contributed by atoms with Crippen molar-refractivity contribution in [1.29, 1.82) is 0 Å². The molecular formula is C11H12N2O3S. The molecule has 0 saturated heterocycles. The first kappa shape index (κ1) is 11.7. The van der Waals surface area contributed by atoms with Crippen LogP contribution in [0.4, 0.5) is 0 Å². The fraction of sp³-hybridized carbons (Fsp3) is 0.182. The van der Waals surface area contributed by atoms with Crippen LogP contribution >= 0.6 is 0 Å². The number of aliphatic imine (C=N–C) groups is 1. The van der Waals surface area contributed by atoms with Gasteiger partial charge in [-0.15, -0.1) is 6.58 Å². The number of sulfonamides is 1. The molecule has 17 heavy (non-hydrogen) atoms.